The fourth-order valence-corrected chi connectivity index (χ4v) is 4.75. The summed E-state index contributed by atoms with van der Waals surface area (Å²) in [6.07, 6.45) is 7.35. The van der Waals surface area contributed by atoms with E-state index in [9.17, 15) is 14.4 Å². The zero-order chi connectivity index (χ0) is 28.1. The van der Waals surface area contributed by atoms with Gasteiger partial charge in [-0.15, -0.1) is 6.58 Å². The van der Waals surface area contributed by atoms with Crippen molar-refractivity contribution in [1.82, 2.24) is 9.88 Å². The molecule has 9 heteroatoms. The number of fused-ring (bicyclic) bond motifs is 1. The van der Waals surface area contributed by atoms with Crippen LogP contribution in [0.1, 0.15) is 62.2 Å². The maximum Gasteiger partial charge on any atom is 0.335 e. The number of Topliss-reactive ketones (excluding diaryl/α,β-unsaturated/α-hetero) is 1. The van der Waals surface area contributed by atoms with Crippen molar-refractivity contribution in [3.63, 3.8) is 0 Å². The minimum Gasteiger partial charge on any atom is -0.479 e. The fraction of sp³-hybridized carbons (Fsp3) is 0.517. The second-order valence-electron chi connectivity index (χ2n) is 9.71. The first-order chi connectivity index (χ1) is 18.2. The van der Waals surface area contributed by atoms with E-state index in [1.54, 1.807) is 6.20 Å². The smallest absolute Gasteiger partial charge is 0.335 e. The van der Waals surface area contributed by atoms with E-state index in [1.807, 2.05) is 30.3 Å². The first-order valence-electron chi connectivity index (χ1n) is 13.2. The predicted octanol–water partition coefficient (Wildman–Crippen LogP) is 3.78. The molecule has 3 rings (SSSR count). The molecule has 1 aromatic carbocycles. The van der Waals surface area contributed by atoms with Crippen molar-refractivity contribution in [3.05, 3.63) is 54.7 Å². The Kier molecular flexibility index (Phi) is 13.1. The number of pyridine rings is 1. The van der Waals surface area contributed by atoms with Gasteiger partial charge in [0.25, 0.3) is 0 Å². The summed E-state index contributed by atoms with van der Waals surface area (Å²) in [4.78, 5) is 39.4. The van der Waals surface area contributed by atoms with Gasteiger partial charge < -0.3 is 25.3 Å². The van der Waals surface area contributed by atoms with Gasteiger partial charge in [-0.2, -0.15) is 0 Å². The van der Waals surface area contributed by atoms with Crippen LogP contribution in [0.2, 0.25) is 0 Å². The molecule has 4 N–H and O–H groups in total. The molecule has 0 amide bonds. The lowest BCUT2D eigenvalue weighted by atomic mass is 9.81. The van der Waals surface area contributed by atoms with Gasteiger partial charge in [0.15, 0.2) is 18.0 Å². The largest absolute Gasteiger partial charge is 0.479 e. The van der Waals surface area contributed by atoms with Gasteiger partial charge in [-0.05, 0) is 56.3 Å². The molecule has 2 heterocycles. The Morgan fingerprint density at radius 1 is 1.08 bits per heavy atom. The summed E-state index contributed by atoms with van der Waals surface area (Å²) < 4.78 is 0. The van der Waals surface area contributed by atoms with Crippen LogP contribution in [-0.2, 0) is 9.59 Å². The molecular formula is C29H40N2O7. The predicted molar refractivity (Wildman–Crippen MR) is 145 cm³/mol. The Bertz CT molecular complexity index is 1050. The number of aliphatic hydroxyl groups is 2. The molecular weight excluding hydrogens is 488 g/mol. The van der Waals surface area contributed by atoms with Crippen molar-refractivity contribution >= 4 is 28.6 Å². The number of aromatic nitrogens is 1. The van der Waals surface area contributed by atoms with Crippen LogP contribution in [0.5, 0.6) is 0 Å². The quantitative estimate of drug-likeness (QED) is 0.173. The number of hydrogen-bond acceptors (Lipinski definition) is 7. The van der Waals surface area contributed by atoms with Crippen LogP contribution >= 0.6 is 0 Å². The lowest BCUT2D eigenvalue weighted by molar-refractivity contribution is -0.165. The number of piperidine rings is 1. The molecule has 208 valence electrons. The highest BCUT2D eigenvalue weighted by Gasteiger charge is 2.29. The van der Waals surface area contributed by atoms with Gasteiger partial charge in [-0.1, -0.05) is 50.5 Å². The summed E-state index contributed by atoms with van der Waals surface area (Å²) >= 11 is 0. The molecule has 9 nitrogen and oxygen atoms in total. The number of carbonyl (C=O) groups excluding carboxylic acids is 1. The standard InChI is InChI=1S/C25H34N2O.C4H6O6/c1-3-5-6-9-17-27-18-15-21(20(4-2)19-27)12-13-25(28)23-14-16-26-24-11-8-7-10-22(23)24;5-1(3(7)8)2(6)4(9)10/h4,7-8,10-11,14,16,20-21H,2-3,5-6,9,12-13,15,17-19H2,1H3;1-2,5-6H,(H,7,8)(H,9,10)/t20-,21+;/m0./s1. The number of unbranched alkanes of at least 4 members (excludes halogenated alkanes) is 3. The number of rotatable bonds is 13. The monoisotopic (exact) mass is 528 g/mol. The molecule has 1 saturated heterocycles. The first kappa shape index (κ1) is 31.1. The van der Waals surface area contributed by atoms with Crippen LogP contribution in [0.3, 0.4) is 0 Å². The summed E-state index contributed by atoms with van der Waals surface area (Å²) in [6.45, 7) is 9.82. The Morgan fingerprint density at radius 2 is 1.76 bits per heavy atom. The number of carboxylic acids is 2. The van der Waals surface area contributed by atoms with Crippen molar-refractivity contribution in [2.75, 3.05) is 19.6 Å². The number of ketones is 1. The van der Waals surface area contributed by atoms with Crippen LogP contribution < -0.4 is 0 Å². The number of carbonyl (C=O) groups is 3. The molecule has 1 aliphatic rings. The maximum absolute atomic E-state index is 12.9. The van der Waals surface area contributed by atoms with Gasteiger partial charge in [-0.3, -0.25) is 9.78 Å². The van der Waals surface area contributed by atoms with Crippen molar-refractivity contribution in [3.8, 4) is 0 Å². The number of benzene rings is 1. The molecule has 0 radical (unpaired) electrons. The lowest BCUT2D eigenvalue weighted by Gasteiger charge is -2.37. The molecule has 1 aromatic heterocycles. The molecule has 38 heavy (non-hydrogen) atoms. The molecule has 0 aliphatic carbocycles. The number of para-hydroxylation sites is 1. The Hall–Kier alpha value is -3.14. The fourth-order valence-electron chi connectivity index (χ4n) is 4.75. The van der Waals surface area contributed by atoms with Gasteiger partial charge in [0.2, 0.25) is 0 Å². The van der Waals surface area contributed by atoms with Crippen LogP contribution in [0.25, 0.3) is 10.9 Å². The van der Waals surface area contributed by atoms with Gasteiger partial charge in [-0.25, -0.2) is 9.59 Å². The summed E-state index contributed by atoms with van der Waals surface area (Å²) in [7, 11) is 0. The van der Waals surface area contributed by atoms with E-state index < -0.39 is 24.1 Å². The van der Waals surface area contributed by atoms with Crippen molar-refractivity contribution < 1.29 is 34.8 Å². The Morgan fingerprint density at radius 3 is 2.39 bits per heavy atom. The number of hydrogen-bond donors (Lipinski definition) is 4. The van der Waals surface area contributed by atoms with Gasteiger partial charge in [0.1, 0.15) is 0 Å². The maximum atomic E-state index is 12.9. The third kappa shape index (κ3) is 9.31. The molecule has 0 spiro atoms. The minimum atomic E-state index is -2.27. The van der Waals surface area contributed by atoms with Gasteiger partial charge in [0.05, 0.1) is 5.52 Å². The van der Waals surface area contributed by atoms with E-state index in [0.717, 1.165) is 36.0 Å². The number of aliphatic carboxylic acids is 2. The minimum absolute atomic E-state index is 0.239. The zero-order valence-corrected chi connectivity index (χ0v) is 22.0. The highest BCUT2D eigenvalue weighted by molar-refractivity contribution is 6.07. The molecule has 0 bridgehead atoms. The normalized spacial score (nSPS) is 19.1. The SMILES string of the molecule is C=C[C@H]1CN(CCCCCC)CC[C@H]1CCC(=O)c1ccnc2ccccc12.O=C(O)C(O)C(O)C(=O)O. The van der Waals surface area contributed by atoms with E-state index in [2.05, 4.69) is 29.5 Å². The first-order valence-corrected chi connectivity index (χ1v) is 13.2. The van der Waals surface area contributed by atoms with Crippen molar-refractivity contribution in [2.24, 2.45) is 11.8 Å². The molecule has 2 unspecified atom stereocenters. The van der Waals surface area contributed by atoms with E-state index in [0.29, 0.717) is 18.3 Å². The number of nitrogens with zero attached hydrogens (tertiary/aromatic N) is 2. The molecule has 2 aromatic rings. The summed E-state index contributed by atoms with van der Waals surface area (Å²) in [5.41, 5.74) is 1.71. The van der Waals surface area contributed by atoms with E-state index in [1.165, 1.54) is 38.6 Å². The van der Waals surface area contributed by atoms with Gasteiger partial charge >= 0.3 is 11.9 Å². The molecule has 1 fully saturated rings. The Labute approximate surface area is 223 Å². The molecule has 0 saturated carbocycles. The Balaban J connectivity index is 0.000000432. The zero-order valence-electron chi connectivity index (χ0n) is 22.0. The number of aliphatic hydroxyl groups excluding tert-OH is 2. The molecule has 1 aliphatic heterocycles. The van der Waals surface area contributed by atoms with Crippen molar-refractivity contribution in [1.29, 1.82) is 0 Å². The van der Waals surface area contributed by atoms with Gasteiger partial charge in [0, 0.05) is 30.1 Å². The lowest BCUT2D eigenvalue weighted by Crippen LogP contribution is -2.40. The third-order valence-corrected chi connectivity index (χ3v) is 7.02. The summed E-state index contributed by atoms with van der Waals surface area (Å²) in [5.74, 6) is -2.23. The van der Waals surface area contributed by atoms with Crippen LogP contribution in [0, 0.1) is 11.8 Å². The van der Waals surface area contributed by atoms with Crippen molar-refractivity contribution in [2.45, 2.75) is 64.1 Å². The summed E-state index contributed by atoms with van der Waals surface area (Å²) in [5, 5.41) is 33.5. The van der Waals surface area contributed by atoms with E-state index in [4.69, 9.17) is 20.4 Å². The number of carboxylic acid groups (broad SMARTS) is 2. The average molecular weight is 529 g/mol. The number of likely N-dealkylation sites (tertiary alicyclic amines) is 1. The molecule has 4 atom stereocenters. The van der Waals surface area contributed by atoms with Crippen LogP contribution in [0.15, 0.2) is 49.2 Å². The highest BCUT2D eigenvalue weighted by atomic mass is 16.4. The summed E-state index contributed by atoms with van der Waals surface area (Å²) in [6, 6.07) is 9.78. The van der Waals surface area contributed by atoms with Crippen LogP contribution in [0.4, 0.5) is 0 Å². The average Bonchev–Trinajstić information content (AvgIpc) is 2.93. The van der Waals surface area contributed by atoms with E-state index in [-0.39, 0.29) is 5.78 Å². The highest BCUT2D eigenvalue weighted by Crippen LogP contribution is 2.30. The van der Waals surface area contributed by atoms with Crippen LogP contribution in [-0.4, -0.2) is 79.9 Å². The second-order valence-corrected chi connectivity index (χ2v) is 9.71. The second kappa shape index (κ2) is 16.0. The third-order valence-electron chi connectivity index (χ3n) is 7.02. The van der Waals surface area contributed by atoms with E-state index >= 15 is 0 Å². The topological polar surface area (TPSA) is 148 Å².